The van der Waals surface area contributed by atoms with E-state index < -0.39 is 9.84 Å². The number of benzene rings is 2. The Morgan fingerprint density at radius 1 is 1.14 bits per heavy atom. The number of amides is 1. The van der Waals surface area contributed by atoms with E-state index >= 15 is 0 Å². The van der Waals surface area contributed by atoms with E-state index in [1.165, 1.54) is 23.9 Å². The second kappa shape index (κ2) is 7.97. The predicted molar refractivity (Wildman–Crippen MR) is 111 cm³/mol. The molecule has 0 saturated carbocycles. The number of nitrogens with one attached hydrogen (secondary N) is 1. The Morgan fingerprint density at radius 3 is 2.55 bits per heavy atom. The number of carbonyl (C=O) groups is 1. The topological polar surface area (TPSA) is 69.7 Å². The molecule has 4 rings (SSSR count). The summed E-state index contributed by atoms with van der Waals surface area (Å²) >= 11 is 1.44. The van der Waals surface area contributed by atoms with Crippen LogP contribution in [0.5, 0.6) is 0 Å². The molecule has 29 heavy (non-hydrogen) atoms. The minimum absolute atomic E-state index is 0.0488. The highest BCUT2D eigenvalue weighted by Gasteiger charge is 2.33. The molecule has 2 aromatic carbocycles. The van der Waals surface area contributed by atoms with Gasteiger partial charge in [0.15, 0.2) is 9.84 Å². The van der Waals surface area contributed by atoms with E-state index in [-0.39, 0.29) is 33.4 Å². The van der Waals surface area contributed by atoms with Gasteiger partial charge in [0, 0.05) is 26.2 Å². The molecule has 154 valence electrons. The molecular weight excluding hydrogens is 413 g/mol. The van der Waals surface area contributed by atoms with Crippen LogP contribution in [0.4, 0.5) is 10.1 Å². The zero-order valence-electron chi connectivity index (χ0n) is 16.0. The minimum atomic E-state index is -3.48. The molecule has 1 fully saturated rings. The maximum Gasteiger partial charge on any atom is 0.255 e. The van der Waals surface area contributed by atoms with Gasteiger partial charge in [0.25, 0.3) is 5.91 Å². The van der Waals surface area contributed by atoms with Gasteiger partial charge in [-0.25, -0.2) is 12.8 Å². The second-order valence-corrected chi connectivity index (χ2v) is 10.3. The lowest BCUT2D eigenvalue weighted by atomic mass is 10.2. The van der Waals surface area contributed by atoms with E-state index in [4.69, 9.17) is 0 Å². The fourth-order valence-electron chi connectivity index (χ4n) is 3.58. The van der Waals surface area contributed by atoms with Crippen LogP contribution in [0.1, 0.15) is 17.3 Å². The number of halogens is 1. The number of rotatable bonds is 4. The molecule has 9 heteroatoms. The van der Waals surface area contributed by atoms with Crippen LogP contribution >= 0.6 is 11.8 Å². The maximum absolute atomic E-state index is 14.0. The summed E-state index contributed by atoms with van der Waals surface area (Å²) in [5.41, 5.74) is 0.940. The molecule has 1 saturated heterocycles. The van der Waals surface area contributed by atoms with E-state index in [2.05, 4.69) is 10.2 Å². The molecule has 0 radical (unpaired) electrons. The lowest BCUT2D eigenvalue weighted by molar-refractivity contribution is 0.0630. The van der Waals surface area contributed by atoms with Gasteiger partial charge in [0.05, 0.1) is 26.8 Å². The molecule has 1 N–H and O–H groups in total. The summed E-state index contributed by atoms with van der Waals surface area (Å²) < 4.78 is 38.7. The number of hydrogen-bond donors (Lipinski definition) is 1. The van der Waals surface area contributed by atoms with Gasteiger partial charge in [-0.1, -0.05) is 36.9 Å². The number of carbonyl (C=O) groups excluding carboxylic acids is 1. The number of fused-ring (bicyclic) bond motifs is 1. The Morgan fingerprint density at radius 2 is 1.86 bits per heavy atom. The molecule has 0 spiro atoms. The third kappa shape index (κ3) is 3.86. The predicted octanol–water partition coefficient (Wildman–Crippen LogP) is 2.88. The summed E-state index contributed by atoms with van der Waals surface area (Å²) in [4.78, 5) is 17.6. The van der Waals surface area contributed by atoms with Crippen molar-refractivity contribution in [2.45, 2.75) is 22.2 Å². The largest absolute Gasteiger partial charge is 0.360 e. The lowest BCUT2D eigenvalue weighted by Crippen LogP contribution is -2.52. The fourth-order valence-corrected chi connectivity index (χ4v) is 5.87. The van der Waals surface area contributed by atoms with Crippen molar-refractivity contribution in [3.05, 3.63) is 53.8 Å². The van der Waals surface area contributed by atoms with Gasteiger partial charge in [0.2, 0.25) is 0 Å². The molecule has 0 bridgehead atoms. The Bertz CT molecular complexity index is 1040. The average molecular weight is 436 g/mol. The van der Waals surface area contributed by atoms with Crippen LogP contribution in [0.15, 0.2) is 52.3 Å². The maximum atomic E-state index is 14.0. The van der Waals surface area contributed by atoms with Crippen molar-refractivity contribution in [2.75, 3.05) is 37.2 Å². The highest BCUT2D eigenvalue weighted by molar-refractivity contribution is 8.00. The highest BCUT2D eigenvalue weighted by Crippen LogP contribution is 2.41. The van der Waals surface area contributed by atoms with Gasteiger partial charge in [-0.2, -0.15) is 0 Å². The number of hydrogen-bond acceptors (Lipinski definition) is 6. The van der Waals surface area contributed by atoms with Crippen LogP contribution in [0, 0.1) is 5.82 Å². The van der Waals surface area contributed by atoms with Gasteiger partial charge in [-0.05, 0) is 24.3 Å². The normalized spacial score (nSPS) is 19.7. The molecule has 1 amide bonds. The number of sulfone groups is 1. The molecular formula is C20H22FN3O3S2. The summed E-state index contributed by atoms with van der Waals surface area (Å²) in [6, 6.07) is 11.4. The van der Waals surface area contributed by atoms with Crippen molar-refractivity contribution < 1.29 is 17.6 Å². The summed E-state index contributed by atoms with van der Waals surface area (Å²) in [5.74, 6) is -0.545. The smallest absolute Gasteiger partial charge is 0.255 e. The van der Waals surface area contributed by atoms with Gasteiger partial charge in [-0.15, -0.1) is 0 Å². The van der Waals surface area contributed by atoms with Gasteiger partial charge in [-0.3, -0.25) is 9.69 Å². The van der Waals surface area contributed by atoms with Crippen LogP contribution in [0.25, 0.3) is 0 Å². The third-order valence-corrected chi connectivity index (χ3v) is 8.32. The standard InChI is InChI=1S/C20H22FN3O3S2/c1-2-29(26,27)17-9-4-3-6-14(17)19(25)23-10-12-24(13-11-23)20-22-16-8-5-7-15(21)18(16)28-20/h3-9,20,22H,2,10-13H2,1H3. The first-order chi connectivity index (χ1) is 13.9. The molecule has 1 unspecified atom stereocenters. The van der Waals surface area contributed by atoms with E-state index in [1.54, 1.807) is 36.1 Å². The SMILES string of the molecule is CCS(=O)(=O)c1ccccc1C(=O)N1CCN(C2Nc3cccc(F)c3S2)CC1. The van der Waals surface area contributed by atoms with Gasteiger partial charge < -0.3 is 10.2 Å². The lowest BCUT2D eigenvalue weighted by Gasteiger charge is -2.37. The Balaban J connectivity index is 1.44. The molecule has 2 aliphatic heterocycles. The summed E-state index contributed by atoms with van der Waals surface area (Å²) in [6.45, 7) is 3.78. The van der Waals surface area contributed by atoms with Gasteiger partial charge >= 0.3 is 0 Å². The zero-order chi connectivity index (χ0) is 20.6. The van der Waals surface area contributed by atoms with Crippen molar-refractivity contribution in [3.63, 3.8) is 0 Å². The van der Waals surface area contributed by atoms with E-state index in [1.807, 2.05) is 6.07 Å². The molecule has 0 aromatic heterocycles. The molecule has 6 nitrogen and oxygen atoms in total. The Labute approximate surface area is 174 Å². The van der Waals surface area contributed by atoms with Crippen molar-refractivity contribution in [2.24, 2.45) is 0 Å². The summed E-state index contributed by atoms with van der Waals surface area (Å²) in [5, 5.41) is 3.32. The molecule has 1 atom stereocenters. The quantitative estimate of drug-likeness (QED) is 0.797. The minimum Gasteiger partial charge on any atom is -0.360 e. The van der Waals surface area contributed by atoms with Crippen LogP contribution in [0.2, 0.25) is 0 Å². The van der Waals surface area contributed by atoms with Crippen molar-refractivity contribution in [1.82, 2.24) is 9.80 Å². The third-order valence-electron chi connectivity index (χ3n) is 5.24. The number of piperazine rings is 1. The van der Waals surface area contributed by atoms with Crippen molar-refractivity contribution in [3.8, 4) is 0 Å². The highest BCUT2D eigenvalue weighted by atomic mass is 32.2. The number of thioether (sulfide) groups is 1. The Hall–Kier alpha value is -2.10. The van der Waals surface area contributed by atoms with Crippen LogP contribution < -0.4 is 5.32 Å². The van der Waals surface area contributed by atoms with Gasteiger partial charge in [0.1, 0.15) is 11.3 Å². The van der Waals surface area contributed by atoms with E-state index in [0.717, 1.165) is 5.69 Å². The van der Waals surface area contributed by atoms with Crippen LogP contribution in [-0.4, -0.2) is 61.6 Å². The first-order valence-corrected chi connectivity index (χ1v) is 12.0. The molecule has 0 aliphatic carbocycles. The van der Waals surface area contributed by atoms with Crippen LogP contribution in [-0.2, 0) is 9.84 Å². The van der Waals surface area contributed by atoms with E-state index in [9.17, 15) is 17.6 Å². The fraction of sp³-hybridized carbons (Fsp3) is 0.350. The zero-order valence-corrected chi connectivity index (χ0v) is 17.6. The molecule has 2 aromatic rings. The summed E-state index contributed by atoms with van der Waals surface area (Å²) in [6.07, 6.45) is 0. The number of nitrogens with zero attached hydrogens (tertiary/aromatic N) is 2. The summed E-state index contributed by atoms with van der Waals surface area (Å²) in [7, 11) is -3.48. The second-order valence-electron chi connectivity index (χ2n) is 6.96. The first-order valence-electron chi connectivity index (χ1n) is 9.47. The van der Waals surface area contributed by atoms with Crippen molar-refractivity contribution >= 4 is 33.2 Å². The first kappa shape index (κ1) is 20.2. The van der Waals surface area contributed by atoms with Crippen LogP contribution in [0.3, 0.4) is 0 Å². The number of anilines is 1. The molecule has 2 heterocycles. The van der Waals surface area contributed by atoms with Crippen molar-refractivity contribution in [1.29, 1.82) is 0 Å². The monoisotopic (exact) mass is 435 g/mol. The molecule has 2 aliphatic rings. The Kier molecular flexibility index (Phi) is 5.54. The average Bonchev–Trinajstić information content (AvgIpc) is 3.19. The van der Waals surface area contributed by atoms with E-state index in [0.29, 0.717) is 31.1 Å².